The van der Waals surface area contributed by atoms with Crippen LogP contribution in [-0.4, -0.2) is 59.1 Å². The van der Waals surface area contributed by atoms with Gasteiger partial charge in [-0.05, 0) is 37.1 Å². The number of carbonyl (C=O) groups is 1. The van der Waals surface area contributed by atoms with Gasteiger partial charge in [0.15, 0.2) is 23.5 Å². The Bertz CT molecular complexity index is 1660. The molecule has 4 aromatic rings. The third-order valence-corrected chi connectivity index (χ3v) is 7.30. The average Bonchev–Trinajstić information content (AvgIpc) is 3.27. The van der Waals surface area contributed by atoms with Gasteiger partial charge in [-0.1, -0.05) is 31.5 Å². The van der Waals surface area contributed by atoms with Crippen LogP contribution in [0.5, 0.6) is 11.5 Å². The zero-order chi connectivity index (χ0) is 29.2. The fraction of sp³-hybridized carbons (Fsp3) is 0.333. The number of aryl methyl sites for hydroxylation is 1. The van der Waals surface area contributed by atoms with Gasteiger partial charge in [0.2, 0.25) is 0 Å². The molecule has 0 aliphatic heterocycles. The van der Waals surface area contributed by atoms with Crippen LogP contribution in [0.3, 0.4) is 0 Å². The van der Waals surface area contributed by atoms with E-state index in [1.54, 1.807) is 25.4 Å². The predicted molar refractivity (Wildman–Crippen MR) is 154 cm³/mol. The highest BCUT2D eigenvalue weighted by atomic mass is 35.5. The Balaban J connectivity index is 1.95. The standard InChI is InChI=1S/C27H31ClN5O6P/c1-4-5-9-22-31-24-25(33(22)15-18-7-6-8-21(34)26(18)39-40(36,37)38)19-12-17(10-11-20(19)30-27(24)29)16(2)14-32(3)23(35)13-28/h6-8,10-12,14,16H,4-5,9,13,15H2,1-3H3,(H4-,29,30,34,36,37,38)/p+1. The number of rotatable bonds is 10. The maximum atomic E-state index is 12.0. The number of phenolic OH excluding ortho intramolecular Hbond substituents is 1. The molecule has 1 atom stereocenters. The number of nitrogens with zero attached hydrogens (tertiary/aromatic N) is 4. The largest absolute Gasteiger partial charge is 0.524 e. The number of imidazole rings is 1. The number of phenols is 1. The van der Waals surface area contributed by atoms with Crippen molar-refractivity contribution in [2.75, 3.05) is 18.7 Å². The predicted octanol–water partition coefficient (Wildman–Crippen LogP) is 4.32. The van der Waals surface area contributed by atoms with Crippen molar-refractivity contribution in [3.8, 4) is 11.5 Å². The minimum Gasteiger partial charge on any atom is -0.504 e. The molecule has 0 aliphatic rings. The molecule has 0 fully saturated rings. The lowest BCUT2D eigenvalue weighted by Crippen LogP contribution is -2.20. The lowest BCUT2D eigenvalue weighted by atomic mass is 9.99. The average molecular weight is 589 g/mol. The molecule has 1 amide bonds. The number of hydrogen-bond acceptors (Lipinski definition) is 7. The summed E-state index contributed by atoms with van der Waals surface area (Å²) < 4.78 is 19.9. The minimum atomic E-state index is -4.95. The minimum absolute atomic E-state index is 0.0940. The Labute approximate surface area is 236 Å². The van der Waals surface area contributed by atoms with Crippen molar-refractivity contribution in [2.45, 2.75) is 45.6 Å². The number of halogens is 1. The molecular weight excluding hydrogens is 557 g/mol. The molecule has 0 bridgehead atoms. The summed E-state index contributed by atoms with van der Waals surface area (Å²) in [6, 6.07) is 10.2. The molecule has 0 spiro atoms. The zero-order valence-corrected chi connectivity index (χ0v) is 24.1. The van der Waals surface area contributed by atoms with E-state index in [9.17, 15) is 24.3 Å². The Morgan fingerprint density at radius 1 is 1.27 bits per heavy atom. The molecular formula is C27H32ClN5O6P+. The van der Waals surface area contributed by atoms with Crippen molar-refractivity contribution in [1.82, 2.24) is 14.5 Å². The summed E-state index contributed by atoms with van der Waals surface area (Å²) >= 11 is 5.70. The van der Waals surface area contributed by atoms with Gasteiger partial charge in [-0.15, -0.1) is 11.6 Å². The Morgan fingerprint density at radius 2 is 2.02 bits per heavy atom. The molecule has 4 rings (SSSR count). The van der Waals surface area contributed by atoms with Gasteiger partial charge < -0.3 is 19.9 Å². The fourth-order valence-corrected chi connectivity index (χ4v) is 5.28. The number of phosphoric acid groups is 1. The van der Waals surface area contributed by atoms with Crippen LogP contribution in [0.15, 0.2) is 36.4 Å². The number of fused-ring (bicyclic) bond motifs is 3. The Morgan fingerprint density at radius 3 is 2.70 bits per heavy atom. The van der Waals surface area contributed by atoms with Gasteiger partial charge >= 0.3 is 13.7 Å². The Kier molecular flexibility index (Phi) is 8.80. The number of benzene rings is 2. The number of pyridine rings is 1. The van der Waals surface area contributed by atoms with Gasteiger partial charge in [0.1, 0.15) is 24.3 Å². The van der Waals surface area contributed by atoms with Crippen LogP contribution in [0.4, 0.5) is 5.82 Å². The van der Waals surface area contributed by atoms with Gasteiger partial charge in [0, 0.05) is 17.4 Å². The number of aromatic nitrogens is 3. The van der Waals surface area contributed by atoms with E-state index in [0.29, 0.717) is 34.4 Å². The third-order valence-electron chi connectivity index (χ3n) is 6.66. The highest BCUT2D eigenvalue weighted by Crippen LogP contribution is 2.44. The van der Waals surface area contributed by atoms with Crippen LogP contribution in [-0.2, 0) is 22.3 Å². The van der Waals surface area contributed by atoms with Gasteiger partial charge in [-0.2, -0.15) is 4.58 Å². The first kappa shape index (κ1) is 29.5. The van der Waals surface area contributed by atoms with Crippen LogP contribution < -0.4 is 10.3 Å². The number of nitrogen functional groups attached to an aromatic ring is 1. The van der Waals surface area contributed by atoms with E-state index in [1.165, 1.54) is 10.6 Å². The summed E-state index contributed by atoms with van der Waals surface area (Å²) in [4.78, 5) is 40.3. The first-order chi connectivity index (χ1) is 18.9. The quantitative estimate of drug-likeness (QED) is 0.0914. The van der Waals surface area contributed by atoms with Gasteiger partial charge in [-0.3, -0.25) is 9.79 Å². The molecule has 13 heteroatoms. The van der Waals surface area contributed by atoms with Crippen LogP contribution in [0.25, 0.3) is 21.9 Å². The van der Waals surface area contributed by atoms with Gasteiger partial charge in [0.25, 0.3) is 0 Å². The summed E-state index contributed by atoms with van der Waals surface area (Å²) in [6.07, 6.45) is 4.17. The second-order valence-corrected chi connectivity index (χ2v) is 11.0. The summed E-state index contributed by atoms with van der Waals surface area (Å²) in [5.41, 5.74) is 9.45. The second-order valence-electron chi connectivity index (χ2n) is 9.61. The number of unbranched alkanes of at least 4 members (excludes halogenated alkanes) is 1. The van der Waals surface area contributed by atoms with Gasteiger partial charge in [0.05, 0.1) is 23.5 Å². The SMILES string of the molecule is CCCCc1nc2c(N)nc3ccc(C(C)C=[N+](C)C(=O)CCl)cc3c2n1Cc1cccc(O)c1OP(=O)(O)O. The number of anilines is 1. The summed E-state index contributed by atoms with van der Waals surface area (Å²) in [6.45, 7) is 4.12. The number of aromatic hydroxyl groups is 1. The number of nitrogens with two attached hydrogens (primary N) is 1. The van der Waals surface area contributed by atoms with Crippen molar-refractivity contribution in [3.05, 3.63) is 53.3 Å². The van der Waals surface area contributed by atoms with E-state index >= 15 is 0 Å². The number of phosphoric ester groups is 1. The molecule has 40 heavy (non-hydrogen) atoms. The molecule has 212 valence electrons. The molecule has 0 saturated carbocycles. The number of amides is 1. The monoisotopic (exact) mass is 588 g/mol. The molecule has 2 aromatic heterocycles. The second kappa shape index (κ2) is 11.9. The third kappa shape index (κ3) is 6.28. The highest BCUT2D eigenvalue weighted by molar-refractivity contribution is 7.46. The molecule has 0 radical (unpaired) electrons. The molecule has 2 aromatic carbocycles. The smallest absolute Gasteiger partial charge is 0.504 e. The topological polar surface area (TPSA) is 164 Å². The van der Waals surface area contributed by atoms with E-state index in [0.717, 1.165) is 23.8 Å². The van der Waals surface area contributed by atoms with E-state index in [-0.39, 0.29) is 35.8 Å². The lowest BCUT2D eigenvalue weighted by Gasteiger charge is -2.16. The van der Waals surface area contributed by atoms with Crippen LogP contribution in [0, 0.1) is 0 Å². The number of alkyl halides is 1. The van der Waals surface area contributed by atoms with Crippen molar-refractivity contribution >= 4 is 59.3 Å². The number of carbonyl (C=O) groups excluding carboxylic acids is 1. The molecule has 2 heterocycles. The van der Waals surface area contributed by atoms with Gasteiger partial charge in [-0.25, -0.2) is 19.3 Å². The van der Waals surface area contributed by atoms with Crippen LogP contribution >= 0.6 is 19.4 Å². The van der Waals surface area contributed by atoms with E-state index in [4.69, 9.17) is 26.8 Å². The zero-order valence-electron chi connectivity index (χ0n) is 22.4. The van der Waals surface area contributed by atoms with Crippen molar-refractivity contribution in [3.63, 3.8) is 0 Å². The Hall–Kier alpha value is -3.50. The maximum absolute atomic E-state index is 12.0. The van der Waals surface area contributed by atoms with Crippen molar-refractivity contribution in [2.24, 2.45) is 0 Å². The van der Waals surface area contributed by atoms with E-state index in [2.05, 4.69) is 11.9 Å². The van der Waals surface area contributed by atoms with Crippen molar-refractivity contribution < 1.29 is 33.4 Å². The van der Waals surface area contributed by atoms with Crippen LogP contribution in [0.2, 0.25) is 0 Å². The molecule has 5 N–H and O–H groups in total. The fourth-order valence-electron chi connectivity index (χ4n) is 4.64. The maximum Gasteiger partial charge on any atom is 0.524 e. The molecule has 0 saturated heterocycles. The number of para-hydroxylation sites is 1. The lowest BCUT2D eigenvalue weighted by molar-refractivity contribution is -0.413. The van der Waals surface area contributed by atoms with E-state index in [1.807, 2.05) is 29.7 Å². The number of hydrogen-bond donors (Lipinski definition) is 4. The van der Waals surface area contributed by atoms with E-state index < -0.39 is 13.6 Å². The highest BCUT2D eigenvalue weighted by Gasteiger charge is 2.24. The molecule has 1 unspecified atom stereocenters. The van der Waals surface area contributed by atoms with Crippen molar-refractivity contribution in [1.29, 1.82) is 0 Å². The first-order valence-electron chi connectivity index (χ1n) is 12.7. The summed E-state index contributed by atoms with van der Waals surface area (Å²) in [5.74, 6) is -0.218. The normalized spacial score (nSPS) is 13.2. The van der Waals surface area contributed by atoms with Crippen LogP contribution in [0.1, 0.15) is 49.6 Å². The molecule has 11 nitrogen and oxygen atoms in total. The summed E-state index contributed by atoms with van der Waals surface area (Å²) in [5, 5.41) is 11.2. The summed E-state index contributed by atoms with van der Waals surface area (Å²) in [7, 11) is -3.29. The molecule has 0 aliphatic carbocycles. The first-order valence-corrected chi connectivity index (χ1v) is 14.8.